The van der Waals surface area contributed by atoms with Gasteiger partial charge in [-0.2, -0.15) is 0 Å². The standard InChI is InChI=1S/C38H46N2/c1-4-5-6-7-8-9-10-11-12-13-14-15-16-32-23-31-25-36-29(27-38(31)40(32)3)18-20-33-34(36)19-17-28-26-37-30(24-35(28)33)21-22-39(37)2/h17-27H,4-16H2,1-3H3. The Morgan fingerprint density at radius 1 is 0.475 bits per heavy atom. The van der Waals surface area contributed by atoms with Gasteiger partial charge >= 0.3 is 0 Å². The van der Waals surface area contributed by atoms with Gasteiger partial charge in [0.2, 0.25) is 0 Å². The number of fused-ring (bicyclic) bond motifs is 7. The summed E-state index contributed by atoms with van der Waals surface area (Å²) < 4.78 is 4.64. The van der Waals surface area contributed by atoms with Crippen LogP contribution in [0.5, 0.6) is 0 Å². The maximum atomic E-state index is 2.45. The molecule has 0 amide bonds. The zero-order valence-electron chi connectivity index (χ0n) is 24.9. The number of aryl methyl sites for hydroxylation is 3. The highest BCUT2D eigenvalue weighted by molar-refractivity contribution is 6.20. The third kappa shape index (κ3) is 5.38. The number of hydrogen-bond donors (Lipinski definition) is 0. The quantitative estimate of drug-likeness (QED) is 0.104. The zero-order valence-corrected chi connectivity index (χ0v) is 24.9. The van der Waals surface area contributed by atoms with Crippen molar-refractivity contribution in [2.45, 2.75) is 90.4 Å². The molecule has 0 aliphatic carbocycles. The summed E-state index contributed by atoms with van der Waals surface area (Å²) in [6, 6.07) is 23.5. The van der Waals surface area contributed by atoms with Crippen molar-refractivity contribution in [3.63, 3.8) is 0 Å². The number of unbranched alkanes of at least 4 members (excludes halogenated alkanes) is 11. The molecular weight excluding hydrogens is 484 g/mol. The van der Waals surface area contributed by atoms with Gasteiger partial charge in [-0.05, 0) is 81.6 Å². The Morgan fingerprint density at radius 2 is 1.02 bits per heavy atom. The van der Waals surface area contributed by atoms with E-state index in [9.17, 15) is 0 Å². The molecular formula is C38H46N2. The largest absolute Gasteiger partial charge is 0.351 e. The maximum absolute atomic E-state index is 2.45. The summed E-state index contributed by atoms with van der Waals surface area (Å²) in [4.78, 5) is 0. The normalized spacial score (nSPS) is 12.2. The molecule has 0 aliphatic heterocycles. The summed E-state index contributed by atoms with van der Waals surface area (Å²) in [6.07, 6.45) is 20.2. The highest BCUT2D eigenvalue weighted by atomic mass is 14.9. The zero-order chi connectivity index (χ0) is 27.5. The Morgan fingerprint density at radius 3 is 1.65 bits per heavy atom. The van der Waals surface area contributed by atoms with E-state index >= 15 is 0 Å². The Balaban J connectivity index is 1.13. The second kappa shape index (κ2) is 12.1. The molecule has 0 radical (unpaired) electrons. The van der Waals surface area contributed by atoms with Crippen LogP contribution in [0.15, 0.2) is 66.9 Å². The average molecular weight is 531 g/mol. The van der Waals surface area contributed by atoms with Crippen LogP contribution in [0, 0.1) is 0 Å². The molecule has 0 saturated carbocycles. The molecule has 4 aromatic carbocycles. The van der Waals surface area contributed by atoms with E-state index in [2.05, 4.69) is 97.0 Å². The van der Waals surface area contributed by atoms with Crippen LogP contribution in [0.25, 0.3) is 54.1 Å². The van der Waals surface area contributed by atoms with Crippen molar-refractivity contribution in [3.05, 3.63) is 72.6 Å². The summed E-state index contributed by atoms with van der Waals surface area (Å²) in [5, 5.41) is 10.7. The van der Waals surface area contributed by atoms with E-state index in [1.165, 1.54) is 143 Å². The third-order valence-corrected chi connectivity index (χ3v) is 9.39. The van der Waals surface area contributed by atoms with Crippen LogP contribution in [0.1, 0.15) is 89.7 Å². The minimum Gasteiger partial charge on any atom is -0.351 e. The monoisotopic (exact) mass is 530 g/mol. The molecule has 208 valence electrons. The molecule has 0 unspecified atom stereocenters. The molecule has 2 heterocycles. The van der Waals surface area contributed by atoms with Crippen LogP contribution in [-0.4, -0.2) is 9.13 Å². The number of nitrogens with zero attached hydrogens (tertiary/aromatic N) is 2. The number of rotatable bonds is 13. The van der Waals surface area contributed by atoms with Gasteiger partial charge in [0.25, 0.3) is 0 Å². The summed E-state index contributed by atoms with van der Waals surface area (Å²) >= 11 is 0. The molecule has 6 rings (SSSR count). The van der Waals surface area contributed by atoms with Crippen molar-refractivity contribution in [2.75, 3.05) is 0 Å². The number of hydrogen-bond acceptors (Lipinski definition) is 0. The van der Waals surface area contributed by atoms with Gasteiger partial charge in [-0.3, -0.25) is 0 Å². The predicted octanol–water partition coefficient (Wildman–Crippen LogP) is 11.4. The van der Waals surface area contributed by atoms with Crippen LogP contribution < -0.4 is 0 Å². The van der Waals surface area contributed by atoms with Crippen LogP contribution in [0.2, 0.25) is 0 Å². The predicted molar refractivity (Wildman–Crippen MR) is 177 cm³/mol. The first kappa shape index (κ1) is 26.9. The Hall–Kier alpha value is -3.26. The second-order valence-corrected chi connectivity index (χ2v) is 12.3. The van der Waals surface area contributed by atoms with E-state index in [1.807, 2.05) is 0 Å². The summed E-state index contributed by atoms with van der Waals surface area (Å²) in [5.41, 5.74) is 4.12. The molecule has 2 heteroatoms. The molecule has 0 spiro atoms. The van der Waals surface area contributed by atoms with Crippen molar-refractivity contribution >= 4 is 54.1 Å². The Kier molecular flexibility index (Phi) is 8.14. The van der Waals surface area contributed by atoms with Crippen molar-refractivity contribution in [1.82, 2.24) is 9.13 Å². The first-order valence-electron chi connectivity index (χ1n) is 16.0. The van der Waals surface area contributed by atoms with Crippen LogP contribution in [-0.2, 0) is 20.5 Å². The van der Waals surface area contributed by atoms with Crippen molar-refractivity contribution < 1.29 is 0 Å². The van der Waals surface area contributed by atoms with E-state index in [0.717, 1.165) is 0 Å². The second-order valence-electron chi connectivity index (χ2n) is 12.3. The lowest BCUT2D eigenvalue weighted by Gasteiger charge is -2.10. The fourth-order valence-electron chi connectivity index (χ4n) is 6.92. The van der Waals surface area contributed by atoms with Crippen LogP contribution >= 0.6 is 0 Å². The molecule has 0 bridgehead atoms. The molecule has 6 aromatic rings. The van der Waals surface area contributed by atoms with Gasteiger partial charge in [0.15, 0.2) is 0 Å². The van der Waals surface area contributed by atoms with Gasteiger partial charge in [0, 0.05) is 47.8 Å². The number of benzene rings is 4. The molecule has 40 heavy (non-hydrogen) atoms. The van der Waals surface area contributed by atoms with Gasteiger partial charge in [-0.25, -0.2) is 0 Å². The summed E-state index contributed by atoms with van der Waals surface area (Å²) in [7, 11) is 4.38. The lowest BCUT2D eigenvalue weighted by molar-refractivity contribution is 0.542. The maximum Gasteiger partial charge on any atom is 0.0486 e. The van der Waals surface area contributed by atoms with E-state index in [-0.39, 0.29) is 0 Å². The van der Waals surface area contributed by atoms with Gasteiger partial charge in [0.05, 0.1) is 0 Å². The summed E-state index contributed by atoms with van der Waals surface area (Å²) in [6.45, 7) is 2.30. The topological polar surface area (TPSA) is 9.86 Å². The molecule has 0 aliphatic rings. The highest BCUT2D eigenvalue weighted by Gasteiger charge is 2.11. The van der Waals surface area contributed by atoms with Gasteiger partial charge in [-0.15, -0.1) is 0 Å². The Labute approximate surface area is 240 Å². The lowest BCUT2D eigenvalue weighted by atomic mass is 9.95. The summed E-state index contributed by atoms with van der Waals surface area (Å²) in [5.74, 6) is 0. The van der Waals surface area contributed by atoms with Crippen molar-refractivity contribution in [2.24, 2.45) is 14.1 Å². The molecule has 2 nitrogen and oxygen atoms in total. The van der Waals surface area contributed by atoms with E-state index in [4.69, 9.17) is 0 Å². The van der Waals surface area contributed by atoms with Crippen LogP contribution in [0.3, 0.4) is 0 Å². The third-order valence-electron chi connectivity index (χ3n) is 9.39. The first-order chi connectivity index (χ1) is 19.6. The van der Waals surface area contributed by atoms with E-state index < -0.39 is 0 Å². The lowest BCUT2D eigenvalue weighted by Crippen LogP contribution is -1.96. The first-order valence-corrected chi connectivity index (χ1v) is 16.0. The highest BCUT2D eigenvalue weighted by Crippen LogP contribution is 2.36. The average Bonchev–Trinajstić information content (AvgIpc) is 3.49. The van der Waals surface area contributed by atoms with Gasteiger partial charge in [0.1, 0.15) is 0 Å². The van der Waals surface area contributed by atoms with Crippen LogP contribution in [0.4, 0.5) is 0 Å². The number of aromatic nitrogens is 2. The molecule has 0 N–H and O–H groups in total. The molecule has 2 aromatic heterocycles. The fourth-order valence-corrected chi connectivity index (χ4v) is 6.92. The molecule has 0 atom stereocenters. The fraction of sp³-hybridized carbons (Fsp3) is 0.421. The smallest absolute Gasteiger partial charge is 0.0486 e. The molecule has 0 saturated heterocycles. The van der Waals surface area contributed by atoms with E-state index in [0.29, 0.717) is 0 Å². The van der Waals surface area contributed by atoms with Gasteiger partial charge in [-0.1, -0.05) is 102 Å². The van der Waals surface area contributed by atoms with Crippen molar-refractivity contribution in [1.29, 1.82) is 0 Å². The van der Waals surface area contributed by atoms with Gasteiger partial charge < -0.3 is 9.13 Å². The molecule has 0 fully saturated rings. The Bertz CT molecular complexity index is 1760. The van der Waals surface area contributed by atoms with Crippen molar-refractivity contribution in [3.8, 4) is 0 Å². The van der Waals surface area contributed by atoms with E-state index in [1.54, 1.807) is 0 Å². The minimum atomic E-state index is 1.18. The minimum absolute atomic E-state index is 1.18. The SMILES string of the molecule is CCCCCCCCCCCCCCc1cc2cc3c(ccc4c5cc6ccn(C)c6cc5ccc34)cc2n1C.